The molecule has 1 N–H and O–H groups in total. The maximum absolute atomic E-state index is 10.6. The monoisotopic (exact) mass is 228 g/mol. The van der Waals surface area contributed by atoms with Crippen molar-refractivity contribution in [1.82, 2.24) is 0 Å². The summed E-state index contributed by atoms with van der Waals surface area (Å²) in [6.45, 7) is 4.42. The molecular weight excluding hydrogens is 200 g/mol. The summed E-state index contributed by atoms with van der Waals surface area (Å²) >= 11 is 0. The van der Waals surface area contributed by atoms with E-state index in [1.165, 1.54) is 51.4 Å². The maximum Gasteiger partial charge on any atom is 0.303 e. The van der Waals surface area contributed by atoms with E-state index in [1.54, 1.807) is 0 Å². The second-order valence-electron chi connectivity index (χ2n) is 4.79. The Labute approximate surface area is 100 Å². The summed E-state index contributed by atoms with van der Waals surface area (Å²) < 4.78 is 0. The second kappa shape index (κ2) is 11.0. The molecule has 0 rings (SSSR count). The van der Waals surface area contributed by atoms with E-state index in [0.29, 0.717) is 12.3 Å². The maximum atomic E-state index is 10.6. The van der Waals surface area contributed by atoms with Gasteiger partial charge < -0.3 is 5.11 Å². The Bertz CT molecular complexity index is 156. The third-order valence-electron chi connectivity index (χ3n) is 3.20. The van der Waals surface area contributed by atoms with Crippen molar-refractivity contribution in [1.29, 1.82) is 0 Å². The van der Waals surface area contributed by atoms with Crippen LogP contribution in [-0.4, -0.2) is 11.1 Å². The van der Waals surface area contributed by atoms with Crippen molar-refractivity contribution in [2.24, 2.45) is 5.92 Å². The minimum absolute atomic E-state index is 0.350. The normalized spacial score (nSPS) is 10.9. The number of carboxylic acid groups (broad SMARTS) is 1. The van der Waals surface area contributed by atoms with Crippen molar-refractivity contribution in [2.45, 2.75) is 78.1 Å². The van der Waals surface area contributed by atoms with Crippen LogP contribution in [-0.2, 0) is 4.79 Å². The lowest BCUT2D eigenvalue weighted by molar-refractivity contribution is -0.137. The fourth-order valence-corrected chi connectivity index (χ4v) is 2.13. The molecule has 0 amide bonds. The first-order chi connectivity index (χ1) is 7.70. The first-order valence-corrected chi connectivity index (χ1v) is 6.92. The van der Waals surface area contributed by atoms with Gasteiger partial charge in [-0.2, -0.15) is 0 Å². The van der Waals surface area contributed by atoms with Crippen LogP contribution in [0.2, 0.25) is 0 Å². The molecule has 2 heteroatoms. The zero-order chi connectivity index (χ0) is 12.2. The van der Waals surface area contributed by atoms with Crippen molar-refractivity contribution in [3.05, 3.63) is 0 Å². The third-order valence-corrected chi connectivity index (χ3v) is 3.20. The fraction of sp³-hybridized carbons (Fsp3) is 0.929. The Kier molecular flexibility index (Phi) is 10.6. The Hall–Kier alpha value is -0.530. The van der Waals surface area contributed by atoms with E-state index in [2.05, 4.69) is 13.8 Å². The predicted octanol–water partition coefficient (Wildman–Crippen LogP) is 4.63. The van der Waals surface area contributed by atoms with Crippen molar-refractivity contribution in [3.8, 4) is 0 Å². The summed E-state index contributed by atoms with van der Waals surface area (Å²) in [6, 6.07) is 0. The van der Waals surface area contributed by atoms with Gasteiger partial charge in [-0.25, -0.2) is 0 Å². The van der Waals surface area contributed by atoms with Crippen LogP contribution in [0.5, 0.6) is 0 Å². The van der Waals surface area contributed by atoms with Gasteiger partial charge in [0.15, 0.2) is 0 Å². The molecule has 0 aliphatic heterocycles. The number of carboxylic acids is 1. The molecule has 2 nitrogen and oxygen atoms in total. The molecule has 0 bridgehead atoms. The van der Waals surface area contributed by atoms with E-state index in [-0.39, 0.29) is 0 Å². The highest BCUT2D eigenvalue weighted by Gasteiger charge is 2.10. The van der Waals surface area contributed by atoms with Gasteiger partial charge in [0.05, 0.1) is 0 Å². The van der Waals surface area contributed by atoms with Gasteiger partial charge in [0.1, 0.15) is 0 Å². The summed E-state index contributed by atoms with van der Waals surface area (Å²) in [6.07, 6.45) is 11.3. The summed E-state index contributed by atoms with van der Waals surface area (Å²) in [7, 11) is 0. The van der Waals surface area contributed by atoms with Gasteiger partial charge in [-0.15, -0.1) is 0 Å². The van der Waals surface area contributed by atoms with Crippen LogP contribution in [0.15, 0.2) is 0 Å². The van der Waals surface area contributed by atoms with Crippen LogP contribution in [0.1, 0.15) is 78.1 Å². The smallest absolute Gasteiger partial charge is 0.303 e. The Morgan fingerprint density at radius 2 is 1.44 bits per heavy atom. The van der Waals surface area contributed by atoms with Crippen LogP contribution < -0.4 is 0 Å². The Morgan fingerprint density at radius 1 is 0.938 bits per heavy atom. The molecule has 0 radical (unpaired) electrons. The van der Waals surface area contributed by atoms with Gasteiger partial charge in [-0.05, 0) is 12.3 Å². The second-order valence-corrected chi connectivity index (χ2v) is 4.79. The van der Waals surface area contributed by atoms with E-state index < -0.39 is 5.97 Å². The van der Waals surface area contributed by atoms with Crippen LogP contribution in [0.3, 0.4) is 0 Å². The number of unbranched alkanes of at least 4 members (excludes halogenated alkanes) is 4. The van der Waals surface area contributed by atoms with Crippen LogP contribution in [0.25, 0.3) is 0 Å². The van der Waals surface area contributed by atoms with E-state index in [4.69, 9.17) is 5.11 Å². The molecule has 0 aromatic heterocycles. The molecule has 0 aliphatic rings. The highest BCUT2D eigenvalue weighted by Crippen LogP contribution is 2.22. The molecule has 16 heavy (non-hydrogen) atoms. The minimum atomic E-state index is -0.643. The summed E-state index contributed by atoms with van der Waals surface area (Å²) in [4.78, 5) is 10.6. The Balaban J connectivity index is 3.71. The molecule has 0 fully saturated rings. The lowest BCUT2D eigenvalue weighted by Gasteiger charge is -2.15. The van der Waals surface area contributed by atoms with Crippen molar-refractivity contribution in [2.75, 3.05) is 0 Å². The van der Waals surface area contributed by atoms with Crippen molar-refractivity contribution >= 4 is 5.97 Å². The zero-order valence-electron chi connectivity index (χ0n) is 11.0. The highest BCUT2D eigenvalue weighted by molar-refractivity contribution is 5.66. The SMILES string of the molecule is CCCCCC(CCCCC)CCC(=O)O. The van der Waals surface area contributed by atoms with Gasteiger partial charge in [-0.3, -0.25) is 4.79 Å². The average Bonchev–Trinajstić information content (AvgIpc) is 2.25. The molecule has 0 spiro atoms. The zero-order valence-corrected chi connectivity index (χ0v) is 11.0. The van der Waals surface area contributed by atoms with E-state index in [1.807, 2.05) is 0 Å². The quantitative estimate of drug-likeness (QED) is 0.523. The number of carbonyl (C=O) groups is 1. The average molecular weight is 228 g/mol. The fourth-order valence-electron chi connectivity index (χ4n) is 2.13. The highest BCUT2D eigenvalue weighted by atomic mass is 16.4. The van der Waals surface area contributed by atoms with Gasteiger partial charge in [0.2, 0.25) is 0 Å². The molecule has 0 atom stereocenters. The lowest BCUT2D eigenvalue weighted by Crippen LogP contribution is -2.05. The lowest BCUT2D eigenvalue weighted by atomic mass is 9.91. The van der Waals surface area contributed by atoms with Crippen LogP contribution in [0, 0.1) is 5.92 Å². The molecule has 0 saturated heterocycles. The topological polar surface area (TPSA) is 37.3 Å². The van der Waals surface area contributed by atoms with Gasteiger partial charge in [0.25, 0.3) is 0 Å². The first kappa shape index (κ1) is 15.5. The van der Waals surface area contributed by atoms with Crippen molar-refractivity contribution in [3.63, 3.8) is 0 Å². The first-order valence-electron chi connectivity index (χ1n) is 6.92. The third kappa shape index (κ3) is 10.0. The van der Waals surface area contributed by atoms with Gasteiger partial charge in [-0.1, -0.05) is 65.2 Å². The van der Waals surface area contributed by atoms with E-state index in [0.717, 1.165) is 6.42 Å². The van der Waals surface area contributed by atoms with E-state index in [9.17, 15) is 4.79 Å². The van der Waals surface area contributed by atoms with Crippen molar-refractivity contribution < 1.29 is 9.90 Å². The molecular formula is C14H28O2. The summed E-state index contributed by atoms with van der Waals surface area (Å²) in [5, 5.41) is 8.71. The Morgan fingerprint density at radius 3 is 1.81 bits per heavy atom. The summed E-state index contributed by atoms with van der Waals surface area (Å²) in [5.74, 6) is 0.00480. The molecule has 0 saturated carbocycles. The number of hydrogen-bond donors (Lipinski definition) is 1. The largest absolute Gasteiger partial charge is 0.481 e. The summed E-state index contributed by atoms with van der Waals surface area (Å²) in [5.41, 5.74) is 0. The standard InChI is InChI=1S/C14H28O2/c1-3-5-7-9-13(10-8-6-4-2)11-12-14(15)16/h13H,3-12H2,1-2H3,(H,15,16). The molecule has 0 aromatic carbocycles. The van der Waals surface area contributed by atoms with Gasteiger partial charge >= 0.3 is 5.97 Å². The number of rotatable bonds is 11. The molecule has 0 aromatic rings. The molecule has 0 aliphatic carbocycles. The number of hydrogen-bond acceptors (Lipinski definition) is 1. The van der Waals surface area contributed by atoms with E-state index >= 15 is 0 Å². The number of aliphatic carboxylic acids is 1. The predicted molar refractivity (Wildman–Crippen MR) is 68.6 cm³/mol. The van der Waals surface area contributed by atoms with Crippen LogP contribution in [0.4, 0.5) is 0 Å². The van der Waals surface area contributed by atoms with Crippen LogP contribution >= 0.6 is 0 Å². The minimum Gasteiger partial charge on any atom is -0.481 e. The van der Waals surface area contributed by atoms with Gasteiger partial charge in [0, 0.05) is 6.42 Å². The molecule has 96 valence electrons. The molecule has 0 unspecified atom stereocenters. The molecule has 0 heterocycles.